The molecule has 1 aliphatic carbocycles. The van der Waals surface area contributed by atoms with E-state index in [1.165, 1.54) is 12.8 Å². The van der Waals surface area contributed by atoms with Crippen molar-refractivity contribution in [2.45, 2.75) is 37.3 Å². The van der Waals surface area contributed by atoms with Crippen molar-refractivity contribution < 1.29 is 9.41 Å². The smallest absolute Gasteiger partial charge is 0.274 e. The Bertz CT molecular complexity index is 535. The average Bonchev–Trinajstić information content (AvgIpc) is 2.95. The van der Waals surface area contributed by atoms with E-state index in [1.807, 2.05) is 30.3 Å². The fourth-order valence-electron chi connectivity index (χ4n) is 4.09. The summed E-state index contributed by atoms with van der Waals surface area (Å²) in [4.78, 5) is 11.8. The monoisotopic (exact) mass is 287 g/mol. The summed E-state index contributed by atoms with van der Waals surface area (Å²) in [5, 5.41) is 11.8. The Morgan fingerprint density at radius 3 is 2.48 bits per heavy atom. The van der Waals surface area contributed by atoms with E-state index in [4.69, 9.17) is 0 Å². The normalized spacial score (nSPS) is 31.2. The summed E-state index contributed by atoms with van der Waals surface area (Å²) < 4.78 is 0.825. The average molecular weight is 287 g/mol. The summed E-state index contributed by atoms with van der Waals surface area (Å²) in [6.07, 6.45) is 7.40. The first-order chi connectivity index (χ1) is 10.1. The molecule has 1 saturated heterocycles. The van der Waals surface area contributed by atoms with Crippen LogP contribution in [0.3, 0.4) is 0 Å². The lowest BCUT2D eigenvalue weighted by molar-refractivity contribution is -0.928. The molecule has 4 heteroatoms. The summed E-state index contributed by atoms with van der Waals surface area (Å²) in [6, 6.07) is 9.47. The van der Waals surface area contributed by atoms with Crippen LogP contribution < -0.4 is 0 Å². The molecule has 0 radical (unpaired) electrons. The number of rotatable bonds is 3. The van der Waals surface area contributed by atoms with Crippen molar-refractivity contribution in [1.82, 2.24) is 0 Å². The lowest BCUT2D eigenvalue weighted by Crippen LogP contribution is -2.58. The van der Waals surface area contributed by atoms with Gasteiger partial charge in [0.25, 0.3) is 6.04 Å². The van der Waals surface area contributed by atoms with Crippen molar-refractivity contribution in [1.29, 1.82) is 0 Å². The summed E-state index contributed by atoms with van der Waals surface area (Å²) in [6.45, 7) is 2.11. The zero-order valence-corrected chi connectivity index (χ0v) is 12.5. The molecule has 1 aliphatic heterocycles. The van der Waals surface area contributed by atoms with Crippen molar-refractivity contribution in [3.05, 3.63) is 58.2 Å². The molecule has 1 aromatic carbocycles. The SMILES string of the molecule is C[N+]1(C2C=CCC(c3ccccc3)C2[N+](=O)[O-])CCCC1. The van der Waals surface area contributed by atoms with Crippen molar-refractivity contribution in [3.8, 4) is 0 Å². The lowest BCUT2D eigenvalue weighted by atomic mass is 9.80. The van der Waals surface area contributed by atoms with Crippen LogP contribution in [0.1, 0.15) is 30.7 Å². The van der Waals surface area contributed by atoms with E-state index in [0.717, 1.165) is 29.6 Å². The Morgan fingerprint density at radius 1 is 1.19 bits per heavy atom. The molecule has 0 saturated carbocycles. The second-order valence-electron chi connectivity index (χ2n) is 6.58. The van der Waals surface area contributed by atoms with Crippen LogP contribution in [0, 0.1) is 10.1 Å². The van der Waals surface area contributed by atoms with Gasteiger partial charge in [-0.05, 0) is 18.1 Å². The third-order valence-corrected chi connectivity index (χ3v) is 5.26. The second kappa shape index (κ2) is 5.60. The number of allylic oxidation sites excluding steroid dienone is 1. The van der Waals surface area contributed by atoms with Gasteiger partial charge in [-0.3, -0.25) is 10.1 Å². The summed E-state index contributed by atoms with van der Waals surface area (Å²) in [5.41, 5.74) is 1.10. The Hall–Kier alpha value is -1.68. The Morgan fingerprint density at radius 2 is 1.86 bits per heavy atom. The molecule has 1 fully saturated rings. The van der Waals surface area contributed by atoms with Crippen LogP contribution in [0.2, 0.25) is 0 Å². The van der Waals surface area contributed by atoms with Gasteiger partial charge in [-0.1, -0.05) is 36.4 Å². The minimum atomic E-state index is -0.513. The van der Waals surface area contributed by atoms with Crippen molar-refractivity contribution >= 4 is 0 Å². The highest BCUT2D eigenvalue weighted by Gasteiger charge is 2.50. The van der Waals surface area contributed by atoms with Crippen LogP contribution in [0.4, 0.5) is 0 Å². The number of likely N-dealkylation sites (tertiary alicyclic amines) is 1. The minimum absolute atomic E-state index is 0.00135. The maximum Gasteiger partial charge on any atom is 0.274 e. The van der Waals surface area contributed by atoms with Gasteiger partial charge in [0, 0.05) is 17.8 Å². The van der Waals surface area contributed by atoms with Crippen LogP contribution >= 0.6 is 0 Å². The molecular weight excluding hydrogens is 264 g/mol. The van der Waals surface area contributed by atoms with E-state index >= 15 is 0 Å². The van der Waals surface area contributed by atoms with E-state index < -0.39 is 6.04 Å². The van der Waals surface area contributed by atoms with Crippen LogP contribution in [-0.2, 0) is 0 Å². The highest BCUT2D eigenvalue weighted by atomic mass is 16.6. The first-order valence-corrected chi connectivity index (χ1v) is 7.81. The summed E-state index contributed by atoms with van der Waals surface area (Å²) >= 11 is 0. The molecule has 0 bridgehead atoms. The molecule has 3 atom stereocenters. The molecule has 0 amide bonds. The molecule has 2 aliphatic rings. The van der Waals surface area contributed by atoms with E-state index in [2.05, 4.69) is 19.2 Å². The summed E-state index contributed by atoms with van der Waals surface area (Å²) in [7, 11) is 2.19. The standard InChI is InChI=1S/C17H23N2O2/c1-19(12-5-6-13-19)16-11-7-10-15(17(16)18(20)21)14-8-3-2-4-9-14/h2-4,7-9,11,15-17H,5-6,10,12-13H2,1H3/q+1. The molecule has 0 N–H and O–H groups in total. The van der Waals surface area contributed by atoms with Crippen LogP contribution in [0.15, 0.2) is 42.5 Å². The van der Waals surface area contributed by atoms with Gasteiger partial charge in [0.05, 0.1) is 26.1 Å². The van der Waals surface area contributed by atoms with Crippen LogP contribution in [0.5, 0.6) is 0 Å². The van der Waals surface area contributed by atoms with Crippen LogP contribution in [-0.4, -0.2) is 41.6 Å². The Labute approximate surface area is 125 Å². The second-order valence-corrected chi connectivity index (χ2v) is 6.58. The molecule has 112 valence electrons. The molecular formula is C17H23N2O2+. The number of hydrogen-bond acceptors (Lipinski definition) is 2. The number of nitro groups is 1. The van der Waals surface area contributed by atoms with Gasteiger partial charge in [0.1, 0.15) is 0 Å². The molecule has 21 heavy (non-hydrogen) atoms. The topological polar surface area (TPSA) is 43.1 Å². The number of quaternary nitrogens is 1. The summed E-state index contributed by atoms with van der Waals surface area (Å²) in [5.74, 6) is -0.00764. The maximum atomic E-state index is 11.8. The van der Waals surface area contributed by atoms with Gasteiger partial charge >= 0.3 is 0 Å². The van der Waals surface area contributed by atoms with E-state index in [9.17, 15) is 10.1 Å². The highest BCUT2D eigenvalue weighted by Crippen LogP contribution is 2.37. The van der Waals surface area contributed by atoms with Crippen molar-refractivity contribution in [2.75, 3.05) is 20.1 Å². The highest BCUT2D eigenvalue weighted by molar-refractivity contribution is 5.25. The molecule has 3 rings (SSSR count). The largest absolute Gasteiger partial charge is 0.315 e. The fourth-order valence-corrected chi connectivity index (χ4v) is 4.09. The quantitative estimate of drug-likeness (QED) is 0.371. The third-order valence-electron chi connectivity index (χ3n) is 5.26. The first kappa shape index (κ1) is 14.3. The number of hydrogen-bond donors (Lipinski definition) is 0. The number of likely N-dealkylation sites (N-methyl/N-ethyl adjacent to an activating group) is 1. The molecule has 3 unspecified atom stereocenters. The number of nitrogens with zero attached hydrogens (tertiary/aromatic N) is 2. The van der Waals surface area contributed by atoms with Crippen molar-refractivity contribution in [3.63, 3.8) is 0 Å². The van der Waals surface area contributed by atoms with Crippen LogP contribution in [0.25, 0.3) is 0 Å². The molecule has 1 heterocycles. The van der Waals surface area contributed by atoms with Gasteiger partial charge < -0.3 is 4.48 Å². The van der Waals surface area contributed by atoms with Gasteiger partial charge in [-0.2, -0.15) is 0 Å². The zero-order chi connectivity index (χ0) is 14.9. The van der Waals surface area contributed by atoms with Gasteiger partial charge in [-0.15, -0.1) is 0 Å². The predicted molar refractivity (Wildman–Crippen MR) is 82.7 cm³/mol. The van der Waals surface area contributed by atoms with Gasteiger partial charge in [0.2, 0.25) is 0 Å². The van der Waals surface area contributed by atoms with Crippen molar-refractivity contribution in [2.24, 2.45) is 0 Å². The third kappa shape index (κ3) is 2.60. The lowest BCUT2D eigenvalue weighted by Gasteiger charge is -2.40. The van der Waals surface area contributed by atoms with E-state index in [1.54, 1.807) is 0 Å². The molecule has 0 aromatic heterocycles. The minimum Gasteiger partial charge on any atom is -0.315 e. The Balaban J connectivity index is 1.96. The molecule has 1 aromatic rings. The van der Waals surface area contributed by atoms with Gasteiger partial charge in [0.15, 0.2) is 6.04 Å². The molecule has 4 nitrogen and oxygen atoms in total. The predicted octanol–water partition coefficient (Wildman–Crippen LogP) is 2.98. The first-order valence-electron chi connectivity index (χ1n) is 7.81. The zero-order valence-electron chi connectivity index (χ0n) is 12.5. The van der Waals surface area contributed by atoms with E-state index in [-0.39, 0.29) is 16.9 Å². The molecule has 0 spiro atoms. The fraction of sp³-hybridized carbons (Fsp3) is 0.529. The Kier molecular flexibility index (Phi) is 3.81. The van der Waals surface area contributed by atoms with Gasteiger partial charge in [-0.25, -0.2) is 0 Å². The number of benzene rings is 1. The maximum absolute atomic E-state index is 11.8. The van der Waals surface area contributed by atoms with E-state index in [0.29, 0.717) is 0 Å².